The summed E-state index contributed by atoms with van der Waals surface area (Å²) in [4.78, 5) is 0. The number of nitrogens with one attached hydrogen (secondary N) is 1. The van der Waals surface area contributed by atoms with E-state index in [0.29, 0.717) is 0 Å². The van der Waals surface area contributed by atoms with Crippen molar-refractivity contribution in [2.75, 3.05) is 19.8 Å². The zero-order valence-corrected chi connectivity index (χ0v) is 12.1. The Morgan fingerprint density at radius 2 is 2.11 bits per heavy atom. The first-order chi connectivity index (χ1) is 9.22. The summed E-state index contributed by atoms with van der Waals surface area (Å²) in [7, 11) is 0. The van der Waals surface area contributed by atoms with Crippen molar-refractivity contribution in [2.45, 2.75) is 45.3 Å². The van der Waals surface area contributed by atoms with Gasteiger partial charge in [-0.15, -0.1) is 0 Å². The lowest BCUT2D eigenvalue weighted by molar-refractivity contribution is 0.0207. The topological polar surface area (TPSA) is 30.5 Å². The van der Waals surface area contributed by atoms with Crippen molar-refractivity contribution < 1.29 is 9.47 Å². The van der Waals surface area contributed by atoms with Crippen LogP contribution < -0.4 is 10.1 Å². The largest absolute Gasteiger partial charge is 0.494 e. The normalized spacial score (nSPS) is 22.6. The third-order valence-electron chi connectivity index (χ3n) is 3.52. The molecule has 0 spiro atoms. The quantitative estimate of drug-likeness (QED) is 0.820. The molecule has 2 rings (SSSR count). The molecule has 1 N–H and O–H groups in total. The van der Waals surface area contributed by atoms with Gasteiger partial charge in [0.2, 0.25) is 0 Å². The summed E-state index contributed by atoms with van der Waals surface area (Å²) in [5.41, 5.74) is 1.31. The van der Waals surface area contributed by atoms with Crippen molar-refractivity contribution in [2.24, 2.45) is 0 Å². The molecular formula is C16H25NO2. The van der Waals surface area contributed by atoms with Crippen molar-refractivity contribution in [3.8, 4) is 5.75 Å². The van der Waals surface area contributed by atoms with Crippen LogP contribution in [0.15, 0.2) is 24.3 Å². The van der Waals surface area contributed by atoms with Crippen molar-refractivity contribution in [3.05, 3.63) is 29.8 Å². The molecule has 0 radical (unpaired) electrons. The minimum atomic E-state index is 0.0319. The van der Waals surface area contributed by atoms with Crippen LogP contribution in [0.4, 0.5) is 0 Å². The molecule has 1 aliphatic heterocycles. The molecule has 1 unspecified atom stereocenters. The molecule has 19 heavy (non-hydrogen) atoms. The lowest BCUT2D eigenvalue weighted by atomic mass is 10.0. The maximum absolute atomic E-state index is 5.76. The van der Waals surface area contributed by atoms with E-state index in [1.807, 2.05) is 12.1 Å². The summed E-state index contributed by atoms with van der Waals surface area (Å²) < 4.78 is 11.3. The van der Waals surface area contributed by atoms with E-state index in [1.54, 1.807) is 0 Å². The first-order valence-electron chi connectivity index (χ1n) is 7.28. The third kappa shape index (κ3) is 4.51. The molecule has 0 amide bonds. The van der Waals surface area contributed by atoms with Crippen LogP contribution >= 0.6 is 0 Å². The van der Waals surface area contributed by atoms with Crippen LogP contribution in [0.5, 0.6) is 5.75 Å². The zero-order valence-electron chi connectivity index (χ0n) is 12.1. The van der Waals surface area contributed by atoms with E-state index in [4.69, 9.17) is 9.47 Å². The van der Waals surface area contributed by atoms with Gasteiger partial charge < -0.3 is 14.8 Å². The van der Waals surface area contributed by atoms with Gasteiger partial charge in [0.15, 0.2) is 0 Å². The number of hydrogen-bond acceptors (Lipinski definition) is 3. The molecule has 0 aromatic heterocycles. The third-order valence-corrected chi connectivity index (χ3v) is 3.52. The first kappa shape index (κ1) is 14.4. The van der Waals surface area contributed by atoms with Crippen LogP contribution in [0.3, 0.4) is 0 Å². The molecule has 0 bridgehead atoms. The monoisotopic (exact) mass is 263 g/mol. The minimum Gasteiger partial charge on any atom is -0.494 e. The van der Waals surface area contributed by atoms with Crippen LogP contribution in [0.2, 0.25) is 0 Å². The predicted octanol–water partition coefficient (Wildman–Crippen LogP) is 3.13. The Hall–Kier alpha value is -1.06. The fourth-order valence-corrected chi connectivity index (χ4v) is 2.37. The summed E-state index contributed by atoms with van der Waals surface area (Å²) in [6.45, 7) is 7.79. The van der Waals surface area contributed by atoms with Gasteiger partial charge in [-0.25, -0.2) is 0 Å². The number of benzene rings is 1. The number of ether oxygens (including phenoxy) is 2. The smallest absolute Gasteiger partial charge is 0.119 e. The molecule has 0 aliphatic carbocycles. The molecule has 1 atom stereocenters. The van der Waals surface area contributed by atoms with Crippen LogP contribution in [-0.2, 0) is 11.3 Å². The summed E-state index contributed by atoms with van der Waals surface area (Å²) in [5, 5.41) is 3.48. The molecule has 106 valence electrons. The van der Waals surface area contributed by atoms with Crippen molar-refractivity contribution >= 4 is 0 Å². The standard InChI is InChI=1S/C16H25NO2/c1-3-10-18-15-7-5-14(6-8-15)12-17-13-16(2)9-4-11-19-16/h5-8,17H,3-4,9-13H2,1-2H3. The summed E-state index contributed by atoms with van der Waals surface area (Å²) >= 11 is 0. The maximum Gasteiger partial charge on any atom is 0.119 e. The van der Waals surface area contributed by atoms with Gasteiger partial charge in [-0.3, -0.25) is 0 Å². The molecule has 1 heterocycles. The lowest BCUT2D eigenvalue weighted by Crippen LogP contribution is -2.36. The van der Waals surface area contributed by atoms with Gasteiger partial charge in [0.05, 0.1) is 12.2 Å². The van der Waals surface area contributed by atoms with Gasteiger partial charge in [-0.2, -0.15) is 0 Å². The fourth-order valence-electron chi connectivity index (χ4n) is 2.37. The summed E-state index contributed by atoms with van der Waals surface area (Å²) in [6, 6.07) is 8.33. The van der Waals surface area contributed by atoms with Crippen molar-refractivity contribution in [1.82, 2.24) is 5.32 Å². The van der Waals surface area contributed by atoms with Gasteiger partial charge >= 0.3 is 0 Å². The van der Waals surface area contributed by atoms with Crippen LogP contribution in [0.25, 0.3) is 0 Å². The van der Waals surface area contributed by atoms with Gasteiger partial charge in [-0.1, -0.05) is 19.1 Å². The Kier molecular flexibility index (Phi) is 5.23. The minimum absolute atomic E-state index is 0.0319. The molecule has 1 aromatic carbocycles. The molecule has 1 saturated heterocycles. The highest BCUT2D eigenvalue weighted by molar-refractivity contribution is 5.27. The molecule has 1 aliphatic rings. The van der Waals surface area contributed by atoms with E-state index >= 15 is 0 Å². The Morgan fingerprint density at radius 3 is 2.74 bits per heavy atom. The van der Waals surface area contributed by atoms with Gasteiger partial charge in [0.25, 0.3) is 0 Å². The Labute approximate surface area is 116 Å². The van der Waals surface area contributed by atoms with Crippen molar-refractivity contribution in [1.29, 1.82) is 0 Å². The maximum atomic E-state index is 5.76. The van der Waals surface area contributed by atoms with Crippen LogP contribution in [0.1, 0.15) is 38.7 Å². The fraction of sp³-hybridized carbons (Fsp3) is 0.625. The number of hydrogen-bond donors (Lipinski definition) is 1. The van der Waals surface area contributed by atoms with E-state index in [0.717, 1.165) is 44.9 Å². The molecule has 1 aromatic rings. The van der Waals surface area contributed by atoms with Crippen molar-refractivity contribution in [3.63, 3.8) is 0 Å². The van der Waals surface area contributed by atoms with Crippen LogP contribution in [-0.4, -0.2) is 25.4 Å². The lowest BCUT2D eigenvalue weighted by Gasteiger charge is -2.23. The second-order valence-electron chi connectivity index (χ2n) is 5.50. The molecule has 3 nitrogen and oxygen atoms in total. The average molecular weight is 263 g/mol. The highest BCUT2D eigenvalue weighted by atomic mass is 16.5. The average Bonchev–Trinajstić information content (AvgIpc) is 2.85. The first-order valence-corrected chi connectivity index (χ1v) is 7.28. The zero-order chi connectivity index (χ0) is 13.6. The SMILES string of the molecule is CCCOc1ccc(CNCC2(C)CCCO2)cc1. The van der Waals surface area contributed by atoms with E-state index in [1.165, 1.54) is 12.0 Å². The molecular weight excluding hydrogens is 238 g/mol. The predicted molar refractivity (Wildman–Crippen MR) is 77.5 cm³/mol. The second kappa shape index (κ2) is 6.92. The molecule has 3 heteroatoms. The van der Waals surface area contributed by atoms with Crippen LogP contribution in [0, 0.1) is 0 Å². The summed E-state index contributed by atoms with van der Waals surface area (Å²) in [5.74, 6) is 0.955. The van der Waals surface area contributed by atoms with E-state index in [-0.39, 0.29) is 5.60 Å². The highest BCUT2D eigenvalue weighted by Crippen LogP contribution is 2.24. The molecule has 0 saturated carbocycles. The summed E-state index contributed by atoms with van der Waals surface area (Å²) in [6.07, 6.45) is 3.38. The van der Waals surface area contributed by atoms with Gasteiger partial charge in [0, 0.05) is 19.7 Å². The van der Waals surface area contributed by atoms with Gasteiger partial charge in [0.1, 0.15) is 5.75 Å². The van der Waals surface area contributed by atoms with E-state index in [2.05, 4.69) is 31.3 Å². The Bertz CT molecular complexity index is 369. The highest BCUT2D eigenvalue weighted by Gasteiger charge is 2.28. The van der Waals surface area contributed by atoms with Gasteiger partial charge in [-0.05, 0) is 43.9 Å². The van der Waals surface area contributed by atoms with E-state index < -0.39 is 0 Å². The number of rotatable bonds is 7. The second-order valence-corrected chi connectivity index (χ2v) is 5.50. The van der Waals surface area contributed by atoms with E-state index in [9.17, 15) is 0 Å². The Balaban J connectivity index is 1.73. The molecule has 1 fully saturated rings. The Morgan fingerprint density at radius 1 is 1.32 bits per heavy atom.